The second-order valence-corrected chi connectivity index (χ2v) is 6.66. The molecule has 1 aromatic rings. The lowest BCUT2D eigenvalue weighted by Gasteiger charge is -2.29. The first kappa shape index (κ1) is 18.2. The highest BCUT2D eigenvalue weighted by Gasteiger charge is 2.23. The summed E-state index contributed by atoms with van der Waals surface area (Å²) in [5.74, 6) is 0.837. The van der Waals surface area contributed by atoms with Crippen LogP contribution in [0.5, 0.6) is 5.75 Å². The summed E-state index contributed by atoms with van der Waals surface area (Å²) in [7, 11) is 0. The van der Waals surface area contributed by atoms with E-state index in [0.29, 0.717) is 19.8 Å². The number of aryl methyl sites for hydroxylation is 1. The third-order valence-corrected chi connectivity index (χ3v) is 4.73. The number of hydrogen-bond acceptors (Lipinski definition) is 5. The monoisotopic (exact) mass is 348 g/mol. The zero-order valence-electron chi connectivity index (χ0n) is 15.0. The molecule has 25 heavy (non-hydrogen) atoms. The fraction of sp³-hybridized carbons (Fsp3) is 0.632. The van der Waals surface area contributed by atoms with E-state index in [1.165, 1.54) is 0 Å². The molecule has 1 aromatic carbocycles. The quantitative estimate of drug-likeness (QED) is 0.803. The lowest BCUT2D eigenvalue weighted by atomic mass is 10.2. The molecule has 2 aliphatic heterocycles. The SMILES string of the molecule is Cc1ccccc1OCC(=O)N1CCCN(CC2COCCO2)CC1. The van der Waals surface area contributed by atoms with Gasteiger partial charge in [0, 0.05) is 26.2 Å². The highest BCUT2D eigenvalue weighted by atomic mass is 16.6. The van der Waals surface area contributed by atoms with Crippen molar-refractivity contribution in [2.24, 2.45) is 0 Å². The van der Waals surface area contributed by atoms with Gasteiger partial charge in [0.2, 0.25) is 0 Å². The average molecular weight is 348 g/mol. The van der Waals surface area contributed by atoms with Crippen LogP contribution in [0.4, 0.5) is 0 Å². The number of benzene rings is 1. The Labute approximate surface area is 149 Å². The van der Waals surface area contributed by atoms with Gasteiger partial charge in [0.05, 0.1) is 25.9 Å². The molecule has 0 saturated carbocycles. The average Bonchev–Trinajstić information content (AvgIpc) is 2.87. The van der Waals surface area contributed by atoms with Crippen molar-refractivity contribution in [2.75, 3.05) is 59.2 Å². The number of carbonyl (C=O) groups is 1. The minimum Gasteiger partial charge on any atom is -0.484 e. The second kappa shape index (κ2) is 9.17. The molecule has 0 radical (unpaired) electrons. The van der Waals surface area contributed by atoms with E-state index < -0.39 is 0 Å². The van der Waals surface area contributed by atoms with Crippen molar-refractivity contribution in [1.29, 1.82) is 0 Å². The normalized spacial score (nSPS) is 22.4. The molecule has 0 aliphatic carbocycles. The van der Waals surface area contributed by atoms with Gasteiger partial charge in [0.1, 0.15) is 5.75 Å². The van der Waals surface area contributed by atoms with Crippen LogP contribution < -0.4 is 4.74 Å². The van der Waals surface area contributed by atoms with Gasteiger partial charge in [0.25, 0.3) is 5.91 Å². The highest BCUT2D eigenvalue weighted by Crippen LogP contribution is 2.16. The first-order chi connectivity index (χ1) is 12.2. The molecule has 0 bridgehead atoms. The zero-order valence-corrected chi connectivity index (χ0v) is 15.0. The Balaban J connectivity index is 1.44. The number of rotatable bonds is 5. The van der Waals surface area contributed by atoms with Crippen LogP contribution in [0.2, 0.25) is 0 Å². The van der Waals surface area contributed by atoms with E-state index in [4.69, 9.17) is 14.2 Å². The molecule has 0 aromatic heterocycles. The molecule has 2 heterocycles. The summed E-state index contributed by atoms with van der Waals surface area (Å²) < 4.78 is 16.9. The third-order valence-electron chi connectivity index (χ3n) is 4.73. The number of ether oxygens (including phenoxy) is 3. The molecule has 2 aliphatic rings. The van der Waals surface area contributed by atoms with Crippen molar-refractivity contribution in [1.82, 2.24) is 9.80 Å². The summed E-state index contributed by atoms with van der Waals surface area (Å²) in [6.45, 7) is 8.39. The predicted octanol–water partition coefficient (Wildman–Crippen LogP) is 1.32. The van der Waals surface area contributed by atoms with E-state index >= 15 is 0 Å². The molecular weight excluding hydrogens is 320 g/mol. The molecule has 138 valence electrons. The molecular formula is C19H28N2O4. The van der Waals surface area contributed by atoms with Crippen LogP contribution in [0, 0.1) is 6.92 Å². The maximum Gasteiger partial charge on any atom is 0.260 e. The van der Waals surface area contributed by atoms with Gasteiger partial charge in [-0.25, -0.2) is 0 Å². The van der Waals surface area contributed by atoms with Crippen LogP contribution in [-0.2, 0) is 14.3 Å². The van der Waals surface area contributed by atoms with Gasteiger partial charge in [0.15, 0.2) is 6.61 Å². The zero-order chi connectivity index (χ0) is 17.5. The number of carbonyl (C=O) groups excluding carboxylic acids is 1. The van der Waals surface area contributed by atoms with Gasteiger partial charge in [-0.05, 0) is 31.5 Å². The van der Waals surface area contributed by atoms with Crippen molar-refractivity contribution >= 4 is 5.91 Å². The van der Waals surface area contributed by atoms with Crippen LogP contribution in [-0.4, -0.2) is 81.0 Å². The molecule has 2 fully saturated rings. The lowest BCUT2D eigenvalue weighted by molar-refractivity contribution is -0.133. The van der Waals surface area contributed by atoms with Gasteiger partial charge < -0.3 is 19.1 Å². The maximum atomic E-state index is 12.5. The van der Waals surface area contributed by atoms with Crippen molar-refractivity contribution in [3.63, 3.8) is 0 Å². The number of para-hydroxylation sites is 1. The van der Waals surface area contributed by atoms with Crippen LogP contribution in [0.1, 0.15) is 12.0 Å². The molecule has 3 rings (SSSR count). The highest BCUT2D eigenvalue weighted by molar-refractivity contribution is 5.77. The van der Waals surface area contributed by atoms with Crippen molar-refractivity contribution in [3.8, 4) is 5.75 Å². The molecule has 1 amide bonds. The molecule has 2 saturated heterocycles. The standard InChI is InChI=1S/C19H28N2O4/c1-16-5-2-3-6-18(16)25-15-19(22)21-8-4-7-20(9-10-21)13-17-14-23-11-12-24-17/h2-3,5-6,17H,4,7-15H2,1H3. The number of amides is 1. The van der Waals surface area contributed by atoms with E-state index in [2.05, 4.69) is 4.90 Å². The summed E-state index contributed by atoms with van der Waals surface area (Å²) in [6.07, 6.45) is 1.13. The molecule has 0 spiro atoms. The summed E-state index contributed by atoms with van der Waals surface area (Å²) in [5.41, 5.74) is 1.05. The smallest absolute Gasteiger partial charge is 0.260 e. The van der Waals surface area contributed by atoms with E-state index in [-0.39, 0.29) is 18.6 Å². The summed E-state index contributed by atoms with van der Waals surface area (Å²) in [6, 6.07) is 7.78. The maximum absolute atomic E-state index is 12.5. The summed E-state index contributed by atoms with van der Waals surface area (Å²) in [5, 5.41) is 0. The minimum atomic E-state index is 0.0577. The fourth-order valence-corrected chi connectivity index (χ4v) is 3.28. The largest absolute Gasteiger partial charge is 0.484 e. The van der Waals surface area contributed by atoms with Crippen molar-refractivity contribution < 1.29 is 19.0 Å². The van der Waals surface area contributed by atoms with Gasteiger partial charge in [-0.3, -0.25) is 9.69 Å². The molecule has 6 heteroatoms. The number of nitrogens with zero attached hydrogens (tertiary/aromatic N) is 2. The molecule has 6 nitrogen and oxygen atoms in total. The van der Waals surface area contributed by atoms with E-state index in [0.717, 1.165) is 50.5 Å². The topological polar surface area (TPSA) is 51.2 Å². The Morgan fingerprint density at radius 3 is 2.88 bits per heavy atom. The molecule has 1 atom stereocenters. The Bertz CT molecular complexity index is 560. The van der Waals surface area contributed by atoms with Crippen LogP contribution >= 0.6 is 0 Å². The number of hydrogen-bond donors (Lipinski definition) is 0. The molecule has 1 unspecified atom stereocenters. The van der Waals surface area contributed by atoms with E-state index in [9.17, 15) is 4.79 Å². The Morgan fingerprint density at radius 1 is 1.20 bits per heavy atom. The Kier molecular flexibility index (Phi) is 6.67. The van der Waals surface area contributed by atoms with Crippen LogP contribution in [0.25, 0.3) is 0 Å². The van der Waals surface area contributed by atoms with Gasteiger partial charge in [-0.1, -0.05) is 18.2 Å². The molecule has 0 N–H and O–H groups in total. The fourth-order valence-electron chi connectivity index (χ4n) is 3.28. The van der Waals surface area contributed by atoms with Gasteiger partial charge in [-0.2, -0.15) is 0 Å². The summed E-state index contributed by atoms with van der Waals surface area (Å²) in [4.78, 5) is 16.8. The van der Waals surface area contributed by atoms with Crippen molar-refractivity contribution in [2.45, 2.75) is 19.4 Å². The van der Waals surface area contributed by atoms with Crippen molar-refractivity contribution in [3.05, 3.63) is 29.8 Å². The Hall–Kier alpha value is -1.63. The lowest BCUT2D eigenvalue weighted by Crippen LogP contribution is -2.42. The van der Waals surface area contributed by atoms with E-state index in [1.807, 2.05) is 36.1 Å². The summed E-state index contributed by atoms with van der Waals surface area (Å²) >= 11 is 0. The minimum absolute atomic E-state index is 0.0577. The third kappa shape index (κ3) is 5.42. The first-order valence-corrected chi connectivity index (χ1v) is 9.10. The van der Waals surface area contributed by atoms with Crippen LogP contribution in [0.15, 0.2) is 24.3 Å². The second-order valence-electron chi connectivity index (χ2n) is 6.66. The van der Waals surface area contributed by atoms with Gasteiger partial charge >= 0.3 is 0 Å². The first-order valence-electron chi connectivity index (χ1n) is 9.10. The van der Waals surface area contributed by atoms with Gasteiger partial charge in [-0.15, -0.1) is 0 Å². The predicted molar refractivity (Wildman–Crippen MR) is 94.9 cm³/mol. The Morgan fingerprint density at radius 2 is 2.08 bits per heavy atom. The van der Waals surface area contributed by atoms with E-state index in [1.54, 1.807) is 0 Å². The van der Waals surface area contributed by atoms with Crippen LogP contribution in [0.3, 0.4) is 0 Å².